The fourth-order valence-corrected chi connectivity index (χ4v) is 4.45. The molecule has 0 aliphatic rings. The van der Waals surface area contributed by atoms with E-state index in [2.05, 4.69) is 5.32 Å². The Hall–Kier alpha value is -2.74. The molecular formula is C21H28N2O5S. The monoisotopic (exact) mass is 420 g/mol. The van der Waals surface area contributed by atoms with E-state index in [1.165, 1.54) is 18.5 Å². The highest BCUT2D eigenvalue weighted by atomic mass is 32.2. The molecule has 1 amide bonds. The number of benzene rings is 2. The van der Waals surface area contributed by atoms with Crippen LogP contribution in [0.1, 0.15) is 24.5 Å². The van der Waals surface area contributed by atoms with Crippen LogP contribution in [-0.4, -0.2) is 40.8 Å². The van der Waals surface area contributed by atoms with Gasteiger partial charge in [0.15, 0.2) is 0 Å². The highest BCUT2D eigenvalue weighted by Gasteiger charge is 2.32. The van der Waals surface area contributed by atoms with Gasteiger partial charge in [-0.2, -0.15) is 0 Å². The van der Waals surface area contributed by atoms with Crippen LogP contribution < -0.4 is 19.1 Å². The zero-order chi connectivity index (χ0) is 21.8. The number of amides is 1. The van der Waals surface area contributed by atoms with Crippen molar-refractivity contribution in [3.05, 3.63) is 47.5 Å². The Kier molecular flexibility index (Phi) is 7.13. The third-order valence-electron chi connectivity index (χ3n) is 4.46. The molecule has 0 unspecified atom stereocenters. The average molecular weight is 421 g/mol. The maximum absolute atomic E-state index is 13.1. The largest absolute Gasteiger partial charge is 0.497 e. The van der Waals surface area contributed by atoms with E-state index >= 15 is 0 Å². The molecule has 1 N–H and O–H groups in total. The van der Waals surface area contributed by atoms with Crippen molar-refractivity contribution in [3.63, 3.8) is 0 Å². The summed E-state index contributed by atoms with van der Waals surface area (Å²) in [6.45, 7) is 5.55. The third kappa shape index (κ3) is 5.41. The lowest BCUT2D eigenvalue weighted by Gasteiger charge is -2.30. The van der Waals surface area contributed by atoms with Gasteiger partial charge in [-0.1, -0.05) is 13.0 Å². The Morgan fingerprint density at radius 2 is 1.69 bits per heavy atom. The molecule has 158 valence electrons. The second kappa shape index (κ2) is 9.17. The summed E-state index contributed by atoms with van der Waals surface area (Å²) in [7, 11) is -0.683. The molecule has 0 radical (unpaired) electrons. The number of rotatable bonds is 8. The number of hydrogen-bond donors (Lipinski definition) is 1. The Balaban J connectivity index is 2.44. The second-order valence-electron chi connectivity index (χ2n) is 6.88. The fourth-order valence-electron chi connectivity index (χ4n) is 3.26. The van der Waals surface area contributed by atoms with Gasteiger partial charge in [-0.05, 0) is 55.7 Å². The summed E-state index contributed by atoms with van der Waals surface area (Å²) in [5.74, 6) is 0.560. The minimum absolute atomic E-state index is 0.296. The number of nitrogens with zero attached hydrogens (tertiary/aromatic N) is 1. The molecule has 0 spiro atoms. The lowest BCUT2D eigenvalue weighted by molar-refractivity contribution is -0.117. The number of aryl methyl sites for hydroxylation is 2. The van der Waals surface area contributed by atoms with Crippen molar-refractivity contribution in [1.82, 2.24) is 0 Å². The maximum atomic E-state index is 13.1. The van der Waals surface area contributed by atoms with Crippen LogP contribution in [0.2, 0.25) is 0 Å². The Morgan fingerprint density at radius 1 is 1.07 bits per heavy atom. The summed E-state index contributed by atoms with van der Waals surface area (Å²) in [4.78, 5) is 13.1. The highest BCUT2D eigenvalue weighted by molar-refractivity contribution is 7.92. The summed E-state index contributed by atoms with van der Waals surface area (Å²) in [6.07, 6.45) is 1.40. The van der Waals surface area contributed by atoms with Crippen LogP contribution in [0.4, 0.5) is 11.4 Å². The number of nitrogens with one attached hydrogen (secondary N) is 1. The molecule has 0 fully saturated rings. The van der Waals surface area contributed by atoms with Crippen molar-refractivity contribution in [2.24, 2.45) is 0 Å². The molecule has 2 rings (SSSR count). The number of ether oxygens (including phenoxy) is 2. The van der Waals surface area contributed by atoms with Gasteiger partial charge >= 0.3 is 0 Å². The van der Waals surface area contributed by atoms with E-state index in [9.17, 15) is 13.2 Å². The lowest BCUT2D eigenvalue weighted by atomic mass is 10.1. The quantitative estimate of drug-likeness (QED) is 0.706. The molecule has 8 heteroatoms. The first-order chi connectivity index (χ1) is 13.6. The predicted molar refractivity (Wildman–Crippen MR) is 115 cm³/mol. The van der Waals surface area contributed by atoms with Crippen molar-refractivity contribution in [3.8, 4) is 11.5 Å². The van der Waals surface area contributed by atoms with Gasteiger partial charge in [0, 0.05) is 6.07 Å². The molecule has 0 aliphatic heterocycles. The number of carbonyl (C=O) groups is 1. The lowest BCUT2D eigenvalue weighted by Crippen LogP contribution is -2.47. The SMILES string of the molecule is CC[C@@H](C(=O)Nc1ccc(OC)cc1OC)N(c1cc(C)cc(C)c1)S(C)(=O)=O. The minimum atomic E-state index is -3.71. The normalized spacial score (nSPS) is 12.2. The highest BCUT2D eigenvalue weighted by Crippen LogP contribution is 2.30. The molecule has 1 atom stereocenters. The summed E-state index contributed by atoms with van der Waals surface area (Å²) in [5.41, 5.74) is 2.74. The van der Waals surface area contributed by atoms with E-state index in [4.69, 9.17) is 9.47 Å². The van der Waals surface area contributed by atoms with Crippen LogP contribution in [0.25, 0.3) is 0 Å². The van der Waals surface area contributed by atoms with E-state index in [-0.39, 0.29) is 0 Å². The van der Waals surface area contributed by atoms with Gasteiger partial charge in [0.25, 0.3) is 0 Å². The predicted octanol–water partition coefficient (Wildman–Crippen LogP) is 3.50. The number of carbonyl (C=O) groups excluding carboxylic acids is 1. The zero-order valence-electron chi connectivity index (χ0n) is 17.6. The van der Waals surface area contributed by atoms with Gasteiger partial charge in [-0.25, -0.2) is 8.42 Å². The molecule has 0 saturated carbocycles. The van der Waals surface area contributed by atoms with Crippen molar-refractivity contribution < 1.29 is 22.7 Å². The first kappa shape index (κ1) is 22.5. The van der Waals surface area contributed by atoms with E-state index in [1.54, 1.807) is 37.3 Å². The van der Waals surface area contributed by atoms with Crippen molar-refractivity contribution >= 4 is 27.3 Å². The van der Waals surface area contributed by atoms with E-state index in [1.807, 2.05) is 19.9 Å². The van der Waals surface area contributed by atoms with Gasteiger partial charge in [-0.3, -0.25) is 9.10 Å². The molecular weight excluding hydrogens is 392 g/mol. The smallest absolute Gasteiger partial charge is 0.248 e. The summed E-state index contributed by atoms with van der Waals surface area (Å²) in [5, 5.41) is 2.79. The molecule has 7 nitrogen and oxygen atoms in total. The first-order valence-corrected chi connectivity index (χ1v) is 11.1. The van der Waals surface area contributed by atoms with Crippen LogP contribution in [0.15, 0.2) is 36.4 Å². The van der Waals surface area contributed by atoms with Crippen LogP contribution in [0, 0.1) is 13.8 Å². The zero-order valence-corrected chi connectivity index (χ0v) is 18.5. The van der Waals surface area contributed by atoms with Gasteiger partial charge in [0.1, 0.15) is 17.5 Å². The van der Waals surface area contributed by atoms with Crippen LogP contribution in [0.5, 0.6) is 11.5 Å². The first-order valence-electron chi connectivity index (χ1n) is 9.21. The van der Waals surface area contributed by atoms with Crippen LogP contribution in [-0.2, 0) is 14.8 Å². The Morgan fingerprint density at radius 3 is 2.17 bits per heavy atom. The Bertz CT molecular complexity index is 968. The number of methoxy groups -OCH3 is 2. The molecule has 2 aromatic rings. The molecule has 29 heavy (non-hydrogen) atoms. The molecule has 0 aliphatic carbocycles. The van der Waals surface area contributed by atoms with Crippen LogP contribution >= 0.6 is 0 Å². The molecule has 0 heterocycles. The standard InChI is InChI=1S/C21H28N2O5S/c1-7-19(21(24)22-18-9-8-17(27-4)13-20(18)28-5)23(29(6,25)26)16-11-14(2)10-15(3)12-16/h8-13,19H,7H2,1-6H3,(H,22,24)/t19-/m0/s1. The second-order valence-corrected chi connectivity index (χ2v) is 8.74. The van der Waals surface area contributed by atoms with Gasteiger partial charge < -0.3 is 14.8 Å². The van der Waals surface area contributed by atoms with Gasteiger partial charge in [0.05, 0.1) is 31.9 Å². The average Bonchev–Trinajstić information content (AvgIpc) is 2.64. The van der Waals surface area contributed by atoms with Gasteiger partial charge in [0.2, 0.25) is 15.9 Å². The fraction of sp³-hybridized carbons (Fsp3) is 0.381. The summed E-state index contributed by atoms with van der Waals surface area (Å²) >= 11 is 0. The maximum Gasteiger partial charge on any atom is 0.248 e. The summed E-state index contributed by atoms with van der Waals surface area (Å²) in [6, 6.07) is 9.55. The van der Waals surface area contributed by atoms with Crippen molar-refractivity contribution in [1.29, 1.82) is 0 Å². The van der Waals surface area contributed by atoms with Gasteiger partial charge in [-0.15, -0.1) is 0 Å². The minimum Gasteiger partial charge on any atom is -0.497 e. The molecule has 2 aromatic carbocycles. The topological polar surface area (TPSA) is 84.9 Å². The molecule has 0 bridgehead atoms. The summed E-state index contributed by atoms with van der Waals surface area (Å²) < 4.78 is 36.9. The number of sulfonamides is 1. The van der Waals surface area contributed by atoms with Crippen molar-refractivity contribution in [2.75, 3.05) is 30.1 Å². The van der Waals surface area contributed by atoms with Crippen molar-refractivity contribution in [2.45, 2.75) is 33.2 Å². The molecule has 0 saturated heterocycles. The van der Waals surface area contributed by atoms with E-state index < -0.39 is 22.0 Å². The van der Waals surface area contributed by atoms with E-state index in [0.29, 0.717) is 29.3 Å². The Labute approximate surface area is 172 Å². The molecule has 0 aromatic heterocycles. The number of anilines is 2. The van der Waals surface area contributed by atoms with E-state index in [0.717, 1.165) is 17.4 Å². The third-order valence-corrected chi connectivity index (χ3v) is 5.64. The van der Waals surface area contributed by atoms with Crippen LogP contribution in [0.3, 0.4) is 0 Å². The number of hydrogen-bond acceptors (Lipinski definition) is 5.